The first-order chi connectivity index (χ1) is 19.5. The summed E-state index contributed by atoms with van der Waals surface area (Å²) < 4.78 is 0. The molecule has 2 aliphatic heterocycles. The highest BCUT2D eigenvalue weighted by Crippen LogP contribution is 2.66. The van der Waals surface area contributed by atoms with Crippen molar-refractivity contribution in [3.8, 4) is 0 Å². The Bertz CT molecular complexity index is 1270. The van der Waals surface area contributed by atoms with Gasteiger partial charge in [0.2, 0.25) is 0 Å². The standard InChI is InChI=1S/C36H44N4P/c1-33(2,3)31-35(27-19-11-7-12-20-27,28-21-13-8-14-22-28)39-41(37-31)38-32(34(4,5)6)36(40-41,29-23-15-9-16-24-29)30-25-17-10-18-26-30/h7-26,31-32,37-40H,1-6H3/q+1/t31-,32-,41?/m0/s1. The Morgan fingerprint density at radius 2 is 0.683 bits per heavy atom. The topological polar surface area (TPSA) is 48.1 Å². The molecule has 0 amide bonds. The molecule has 2 aliphatic rings. The third-order valence-electron chi connectivity index (χ3n) is 8.85. The molecule has 4 aromatic carbocycles. The minimum Gasteiger partial charge on any atom is -0.140 e. The molecule has 6 rings (SSSR count). The van der Waals surface area contributed by atoms with Crippen molar-refractivity contribution in [2.75, 3.05) is 0 Å². The molecule has 2 saturated heterocycles. The second-order valence-electron chi connectivity index (χ2n) is 13.8. The van der Waals surface area contributed by atoms with Gasteiger partial charge in [-0.2, -0.15) is 0 Å². The van der Waals surface area contributed by atoms with E-state index in [1.54, 1.807) is 0 Å². The van der Waals surface area contributed by atoms with E-state index in [4.69, 9.17) is 0 Å². The lowest BCUT2D eigenvalue weighted by Crippen LogP contribution is -2.53. The van der Waals surface area contributed by atoms with Gasteiger partial charge in [0, 0.05) is 0 Å². The van der Waals surface area contributed by atoms with Crippen LogP contribution in [0, 0.1) is 10.8 Å². The highest BCUT2D eigenvalue weighted by Gasteiger charge is 2.73. The Hall–Kier alpha value is -2.85. The summed E-state index contributed by atoms with van der Waals surface area (Å²) in [5.74, 6) is 0. The smallest absolute Gasteiger partial charge is 0.140 e. The maximum absolute atomic E-state index is 4.34. The second kappa shape index (κ2) is 10.2. The van der Waals surface area contributed by atoms with E-state index in [0.29, 0.717) is 0 Å². The van der Waals surface area contributed by atoms with E-state index in [-0.39, 0.29) is 22.9 Å². The van der Waals surface area contributed by atoms with E-state index in [1.807, 2.05) is 0 Å². The molecule has 41 heavy (non-hydrogen) atoms. The maximum Gasteiger partial charge on any atom is 0.301 e. The van der Waals surface area contributed by atoms with E-state index in [9.17, 15) is 0 Å². The van der Waals surface area contributed by atoms with Crippen LogP contribution in [0.15, 0.2) is 121 Å². The largest absolute Gasteiger partial charge is 0.301 e. The quantitative estimate of drug-likeness (QED) is 0.192. The molecule has 0 aromatic heterocycles. The van der Waals surface area contributed by atoms with Gasteiger partial charge in [-0.1, -0.05) is 163 Å². The van der Waals surface area contributed by atoms with Crippen molar-refractivity contribution in [1.29, 1.82) is 0 Å². The van der Waals surface area contributed by atoms with Crippen LogP contribution in [0.4, 0.5) is 0 Å². The lowest BCUT2D eigenvalue weighted by molar-refractivity contribution is 0.223. The molecular formula is C36H44N4P+. The molecule has 212 valence electrons. The van der Waals surface area contributed by atoms with Crippen molar-refractivity contribution in [3.63, 3.8) is 0 Å². The van der Waals surface area contributed by atoms with Gasteiger partial charge in [0.15, 0.2) is 0 Å². The molecule has 0 aliphatic carbocycles. The van der Waals surface area contributed by atoms with Crippen LogP contribution in [0.1, 0.15) is 63.8 Å². The lowest BCUT2D eigenvalue weighted by Gasteiger charge is -2.39. The Morgan fingerprint density at radius 3 is 0.902 bits per heavy atom. The third kappa shape index (κ3) is 4.67. The number of hydrogen-bond donors (Lipinski definition) is 4. The van der Waals surface area contributed by atoms with Crippen LogP contribution < -0.4 is 20.3 Å². The Balaban J connectivity index is 1.61. The minimum atomic E-state index is -2.41. The summed E-state index contributed by atoms with van der Waals surface area (Å²) in [6, 6.07) is 44.2. The highest BCUT2D eigenvalue weighted by molar-refractivity contribution is 7.69. The zero-order valence-corrected chi connectivity index (χ0v) is 26.0. The Morgan fingerprint density at radius 1 is 0.439 bits per heavy atom. The predicted molar refractivity (Wildman–Crippen MR) is 173 cm³/mol. The van der Waals surface area contributed by atoms with Gasteiger partial charge in [0.05, 0.1) is 12.1 Å². The van der Waals surface area contributed by atoms with Crippen LogP contribution >= 0.6 is 7.87 Å². The van der Waals surface area contributed by atoms with Gasteiger partial charge in [-0.25, -0.2) is 0 Å². The summed E-state index contributed by atoms with van der Waals surface area (Å²) in [5, 5.41) is 17.2. The minimum absolute atomic E-state index is 0.0620. The average Bonchev–Trinajstić information content (AvgIpc) is 3.52. The SMILES string of the molecule is CC(C)(C)[C@@H]1N[P+]2(N[C@@H](C(C)(C)C)C(c3ccccc3)(c3ccccc3)N2)NC1(c1ccccc1)c1ccccc1. The fraction of sp³-hybridized carbons (Fsp3) is 0.333. The van der Waals surface area contributed by atoms with Crippen LogP contribution in [0.5, 0.6) is 0 Å². The Kier molecular flexibility index (Phi) is 7.00. The fourth-order valence-corrected chi connectivity index (χ4v) is 11.3. The van der Waals surface area contributed by atoms with Crippen molar-refractivity contribution in [2.24, 2.45) is 10.8 Å². The van der Waals surface area contributed by atoms with E-state index >= 15 is 0 Å². The van der Waals surface area contributed by atoms with Gasteiger partial charge in [0.25, 0.3) is 0 Å². The first-order valence-corrected chi connectivity index (χ1v) is 16.6. The van der Waals surface area contributed by atoms with Gasteiger partial charge in [-0.15, -0.1) is 20.3 Å². The molecule has 0 unspecified atom stereocenters. The van der Waals surface area contributed by atoms with Gasteiger partial charge in [-0.05, 0) is 33.1 Å². The van der Waals surface area contributed by atoms with E-state index in [0.717, 1.165) is 0 Å². The van der Waals surface area contributed by atoms with Crippen LogP contribution in [0.25, 0.3) is 0 Å². The summed E-state index contributed by atoms with van der Waals surface area (Å²) in [6.07, 6.45) is 0. The van der Waals surface area contributed by atoms with Gasteiger partial charge >= 0.3 is 7.87 Å². The van der Waals surface area contributed by atoms with Crippen LogP contribution in [-0.4, -0.2) is 12.1 Å². The molecule has 0 radical (unpaired) electrons. The molecule has 2 atom stereocenters. The van der Waals surface area contributed by atoms with Gasteiger partial charge in [-0.3, -0.25) is 0 Å². The van der Waals surface area contributed by atoms with Crippen molar-refractivity contribution in [2.45, 2.75) is 64.7 Å². The maximum atomic E-state index is 4.34. The van der Waals surface area contributed by atoms with Crippen molar-refractivity contribution in [3.05, 3.63) is 144 Å². The number of hydrogen-bond acceptors (Lipinski definition) is 4. The summed E-state index contributed by atoms with van der Waals surface area (Å²) in [4.78, 5) is 0. The number of rotatable bonds is 4. The molecular weight excluding hydrogens is 519 g/mol. The van der Waals surface area contributed by atoms with Crippen molar-refractivity contribution >= 4 is 7.87 Å². The molecule has 1 spiro atoms. The van der Waals surface area contributed by atoms with E-state index in [1.165, 1.54) is 22.3 Å². The van der Waals surface area contributed by atoms with Crippen molar-refractivity contribution in [1.82, 2.24) is 20.3 Å². The molecule has 2 fully saturated rings. The summed E-state index contributed by atoms with van der Waals surface area (Å²) in [5.41, 5.74) is 4.03. The predicted octanol–water partition coefficient (Wildman–Crippen LogP) is 7.77. The van der Waals surface area contributed by atoms with Gasteiger partial charge in [0.1, 0.15) is 11.1 Å². The van der Waals surface area contributed by atoms with Crippen LogP contribution in [-0.2, 0) is 11.1 Å². The summed E-state index contributed by atoms with van der Waals surface area (Å²) >= 11 is 0. The first-order valence-electron chi connectivity index (χ1n) is 14.8. The monoisotopic (exact) mass is 563 g/mol. The normalized spacial score (nSPS) is 25.4. The average molecular weight is 564 g/mol. The molecule has 4 N–H and O–H groups in total. The van der Waals surface area contributed by atoms with Crippen LogP contribution in [0.3, 0.4) is 0 Å². The number of nitrogens with one attached hydrogen (secondary N) is 4. The fourth-order valence-electron chi connectivity index (χ4n) is 7.18. The van der Waals surface area contributed by atoms with Crippen LogP contribution in [0.2, 0.25) is 0 Å². The molecule has 5 heteroatoms. The first kappa shape index (κ1) is 28.3. The molecule has 4 aromatic rings. The van der Waals surface area contributed by atoms with Crippen molar-refractivity contribution < 1.29 is 0 Å². The van der Waals surface area contributed by atoms with E-state index in [2.05, 4.69) is 183 Å². The van der Waals surface area contributed by atoms with E-state index < -0.39 is 18.9 Å². The summed E-state index contributed by atoms with van der Waals surface area (Å²) in [6.45, 7) is 14.1. The highest BCUT2D eigenvalue weighted by atomic mass is 31.2. The molecule has 2 heterocycles. The van der Waals surface area contributed by atoms with Gasteiger partial charge < -0.3 is 0 Å². The zero-order chi connectivity index (χ0) is 28.9. The number of benzene rings is 4. The molecule has 4 nitrogen and oxygen atoms in total. The summed E-state index contributed by atoms with van der Waals surface area (Å²) in [7, 11) is -2.41. The second-order valence-corrected chi connectivity index (χ2v) is 16.1. The lowest BCUT2D eigenvalue weighted by atomic mass is 9.68. The third-order valence-corrected chi connectivity index (χ3v) is 11.5. The zero-order valence-electron chi connectivity index (χ0n) is 25.1. The molecule has 0 saturated carbocycles. The molecule has 0 bridgehead atoms. The Labute approximate surface area is 246 Å².